The van der Waals surface area contributed by atoms with Crippen LogP contribution >= 0.6 is 0 Å². The quantitative estimate of drug-likeness (QED) is 0.227. The number of rotatable bonds is 2. The van der Waals surface area contributed by atoms with E-state index in [4.69, 9.17) is 0 Å². The molecule has 0 spiro atoms. The van der Waals surface area contributed by atoms with Gasteiger partial charge in [0.15, 0.2) is 0 Å². The molecule has 4 aromatic rings. The van der Waals surface area contributed by atoms with E-state index in [9.17, 15) is 0 Å². The Morgan fingerprint density at radius 3 is 1.74 bits per heavy atom. The van der Waals surface area contributed by atoms with Gasteiger partial charge < -0.3 is 5.92 Å². The molecule has 0 nitrogen and oxygen atoms in total. The van der Waals surface area contributed by atoms with Crippen molar-refractivity contribution >= 4 is 21.5 Å². The maximum atomic E-state index is 3.36. The SMILES string of the molecule is CC.CC.CC(C)(C)Cc1ccc2ccccc2c1-c1c[c-]cc2ccccc12.C[C-](C)C.[Y]. The molecule has 0 aliphatic rings. The van der Waals surface area contributed by atoms with Gasteiger partial charge in [-0.25, -0.2) is 0 Å². The standard InChI is InChI=1S/C25H23.C4H9.2C2H6.Y/c1-25(2,3)17-20-16-15-19-10-5-7-13-22(19)24(20)23-14-8-11-18-9-4-6-12-21(18)23;1-4(2)3;2*1-2;/h4-7,9-16H,17H2,1-3H3;1-3H3;2*1-2H3;/q2*-1;;;. The van der Waals surface area contributed by atoms with Crippen LogP contribution < -0.4 is 0 Å². The first-order valence-electron chi connectivity index (χ1n) is 12.4. The second-order valence-corrected chi connectivity index (χ2v) is 9.51. The predicted octanol–water partition coefficient (Wildman–Crippen LogP) is 10.7. The monoisotopic (exact) mass is 529 g/mol. The van der Waals surface area contributed by atoms with Gasteiger partial charge in [-0.3, -0.25) is 0 Å². The van der Waals surface area contributed by atoms with Crippen LogP contribution in [-0.2, 0) is 39.1 Å². The average molecular weight is 530 g/mol. The van der Waals surface area contributed by atoms with Crippen molar-refractivity contribution in [2.45, 2.75) is 75.7 Å². The minimum atomic E-state index is 0. The Bertz CT molecular complexity index is 1090. The molecule has 0 bridgehead atoms. The van der Waals surface area contributed by atoms with Crippen molar-refractivity contribution in [3.63, 3.8) is 0 Å². The van der Waals surface area contributed by atoms with Crippen LogP contribution in [0.2, 0.25) is 0 Å². The Balaban J connectivity index is 0.00000108. The first-order chi connectivity index (χ1) is 15.8. The molecule has 0 atom stereocenters. The van der Waals surface area contributed by atoms with Gasteiger partial charge in [-0.2, -0.15) is 39.0 Å². The van der Waals surface area contributed by atoms with Crippen molar-refractivity contribution in [1.82, 2.24) is 0 Å². The van der Waals surface area contributed by atoms with Crippen molar-refractivity contribution in [2.75, 3.05) is 0 Å². The van der Waals surface area contributed by atoms with Crippen LogP contribution in [0.25, 0.3) is 32.7 Å². The van der Waals surface area contributed by atoms with Gasteiger partial charge in [-0.05, 0) is 22.6 Å². The second kappa shape index (κ2) is 16.2. The van der Waals surface area contributed by atoms with Gasteiger partial charge in [0, 0.05) is 32.7 Å². The third-order valence-electron chi connectivity index (χ3n) is 4.72. The Labute approximate surface area is 235 Å². The van der Waals surface area contributed by atoms with Crippen molar-refractivity contribution < 1.29 is 32.7 Å². The molecule has 0 saturated heterocycles. The van der Waals surface area contributed by atoms with Crippen molar-refractivity contribution in [1.29, 1.82) is 0 Å². The summed E-state index contributed by atoms with van der Waals surface area (Å²) in [5.74, 6) is 1.42. The fourth-order valence-corrected chi connectivity index (χ4v) is 3.72. The van der Waals surface area contributed by atoms with Crippen molar-refractivity contribution in [2.24, 2.45) is 5.41 Å². The number of hydrogen-bond acceptors (Lipinski definition) is 0. The molecule has 0 N–H and O–H groups in total. The third kappa shape index (κ3) is 9.63. The molecular formula is C33H44Y-2. The van der Waals surface area contributed by atoms with E-state index in [2.05, 4.69) is 120 Å². The fourth-order valence-electron chi connectivity index (χ4n) is 3.72. The third-order valence-corrected chi connectivity index (χ3v) is 4.72. The van der Waals surface area contributed by atoms with E-state index in [0.717, 1.165) is 6.42 Å². The molecule has 0 heterocycles. The van der Waals surface area contributed by atoms with Gasteiger partial charge in [0.1, 0.15) is 0 Å². The summed E-state index contributed by atoms with van der Waals surface area (Å²) in [6.45, 7) is 21.2. The summed E-state index contributed by atoms with van der Waals surface area (Å²) < 4.78 is 0. The van der Waals surface area contributed by atoms with E-state index in [1.165, 1.54) is 44.2 Å². The van der Waals surface area contributed by atoms with Crippen molar-refractivity contribution in [3.8, 4) is 11.1 Å². The first kappa shape index (κ1) is 32.5. The molecular weight excluding hydrogens is 485 g/mol. The first-order valence-corrected chi connectivity index (χ1v) is 12.4. The van der Waals surface area contributed by atoms with E-state index >= 15 is 0 Å². The van der Waals surface area contributed by atoms with E-state index in [1.54, 1.807) is 0 Å². The maximum Gasteiger partial charge on any atom is 0 e. The molecule has 0 aliphatic carbocycles. The fraction of sp³-hybridized carbons (Fsp3) is 0.364. The van der Waals surface area contributed by atoms with Crippen LogP contribution in [0.4, 0.5) is 0 Å². The van der Waals surface area contributed by atoms with E-state index in [-0.39, 0.29) is 38.1 Å². The number of hydrogen-bond donors (Lipinski definition) is 0. The molecule has 0 aliphatic heterocycles. The number of fused-ring (bicyclic) bond motifs is 2. The normalized spacial score (nSPS) is 10.2. The molecule has 0 unspecified atom stereocenters. The summed E-state index contributed by atoms with van der Waals surface area (Å²) in [6.07, 6.45) is 1.05. The van der Waals surface area contributed by atoms with E-state index in [0.29, 0.717) is 0 Å². The van der Waals surface area contributed by atoms with Gasteiger partial charge in [0.2, 0.25) is 0 Å². The number of benzene rings is 4. The zero-order valence-electron chi connectivity index (χ0n) is 23.2. The van der Waals surface area contributed by atoms with Gasteiger partial charge in [-0.1, -0.05) is 114 Å². The summed E-state index contributed by atoms with van der Waals surface area (Å²) in [5, 5.41) is 5.17. The zero-order chi connectivity index (χ0) is 25.0. The summed E-state index contributed by atoms with van der Waals surface area (Å²) >= 11 is 0. The Hall–Kier alpha value is -1.50. The minimum Gasteiger partial charge on any atom is -0.323 e. The molecule has 34 heavy (non-hydrogen) atoms. The molecule has 1 heteroatoms. The van der Waals surface area contributed by atoms with Crippen LogP contribution in [0.1, 0.15) is 74.8 Å². The van der Waals surface area contributed by atoms with Crippen LogP contribution in [0.3, 0.4) is 0 Å². The topological polar surface area (TPSA) is 0 Å². The van der Waals surface area contributed by atoms with Crippen LogP contribution in [0.15, 0.2) is 72.8 Å². The largest absolute Gasteiger partial charge is 0.323 e. The van der Waals surface area contributed by atoms with Gasteiger partial charge >= 0.3 is 0 Å². The molecule has 181 valence electrons. The molecule has 0 fully saturated rings. The molecule has 4 rings (SSSR count). The summed E-state index contributed by atoms with van der Waals surface area (Å²) in [7, 11) is 0. The van der Waals surface area contributed by atoms with Crippen LogP contribution in [-0.4, -0.2) is 0 Å². The second-order valence-electron chi connectivity index (χ2n) is 9.51. The average Bonchev–Trinajstić information content (AvgIpc) is 2.80. The van der Waals surface area contributed by atoms with Gasteiger partial charge in [0.25, 0.3) is 0 Å². The summed E-state index contributed by atoms with van der Waals surface area (Å²) in [4.78, 5) is 0. The minimum absolute atomic E-state index is 0. The van der Waals surface area contributed by atoms with Crippen LogP contribution in [0.5, 0.6) is 0 Å². The van der Waals surface area contributed by atoms with Gasteiger partial charge in [0.05, 0.1) is 0 Å². The van der Waals surface area contributed by atoms with E-state index < -0.39 is 0 Å². The smallest absolute Gasteiger partial charge is 0 e. The predicted molar refractivity (Wildman–Crippen MR) is 152 cm³/mol. The molecule has 0 amide bonds. The molecule has 1 radical (unpaired) electrons. The molecule has 0 saturated carbocycles. The van der Waals surface area contributed by atoms with Crippen LogP contribution in [0, 0.1) is 17.4 Å². The molecule has 4 aromatic carbocycles. The molecule has 0 aromatic heterocycles. The zero-order valence-corrected chi connectivity index (χ0v) is 26.1. The Kier molecular flexibility index (Phi) is 15.5. The van der Waals surface area contributed by atoms with E-state index in [1.807, 2.05) is 27.7 Å². The maximum absolute atomic E-state index is 3.36. The summed E-state index contributed by atoms with van der Waals surface area (Å²) in [6, 6.07) is 29.5. The Morgan fingerprint density at radius 1 is 0.676 bits per heavy atom. The van der Waals surface area contributed by atoms with Crippen molar-refractivity contribution in [3.05, 3.63) is 90.3 Å². The summed E-state index contributed by atoms with van der Waals surface area (Å²) in [5.41, 5.74) is 4.30. The van der Waals surface area contributed by atoms with Gasteiger partial charge in [-0.15, -0.1) is 22.4 Å². The Morgan fingerprint density at radius 2 is 1.18 bits per heavy atom.